The summed E-state index contributed by atoms with van der Waals surface area (Å²) in [4.78, 5) is 27.0. The first-order valence-corrected chi connectivity index (χ1v) is 11.5. The van der Waals surface area contributed by atoms with Crippen LogP contribution in [0.4, 0.5) is 0 Å². The van der Waals surface area contributed by atoms with Crippen molar-refractivity contribution in [3.8, 4) is 0 Å². The Morgan fingerprint density at radius 2 is 1.77 bits per heavy atom. The number of hydrogen-bond acceptors (Lipinski definition) is 3. The van der Waals surface area contributed by atoms with Gasteiger partial charge in [-0.2, -0.15) is 0 Å². The lowest BCUT2D eigenvalue weighted by Crippen LogP contribution is -2.35. The van der Waals surface area contributed by atoms with Crippen molar-refractivity contribution >= 4 is 11.6 Å². The molecule has 0 bridgehead atoms. The van der Waals surface area contributed by atoms with E-state index >= 15 is 0 Å². The van der Waals surface area contributed by atoms with E-state index in [-0.39, 0.29) is 17.3 Å². The molecule has 1 aliphatic carbocycles. The van der Waals surface area contributed by atoms with Gasteiger partial charge in [-0.05, 0) is 64.2 Å². The largest absolute Gasteiger partial charge is 0.479 e. The van der Waals surface area contributed by atoms with Crippen molar-refractivity contribution in [3.05, 3.63) is 82.2 Å². The fraction of sp³-hybridized carbons (Fsp3) is 0.429. The van der Waals surface area contributed by atoms with E-state index in [1.807, 2.05) is 49.4 Å². The average Bonchev–Trinajstić information content (AvgIpc) is 2.74. The van der Waals surface area contributed by atoms with Crippen LogP contribution in [-0.2, 0) is 20.7 Å². The molecule has 1 atom stereocenters. The standard InChI is InChI=1S/C28H34O3/c1-5-6-8-15-22-24(19-21-13-9-7-10-14-21)25(29)23-16-18-28(4,17-11-12-20(2)3)31-27(23)26(22)30/h7,9-10,12-14,16,18H,5-6,8,11,15,17,19H2,1-4H3. The Hall–Kier alpha value is -2.68. The van der Waals surface area contributed by atoms with Gasteiger partial charge in [0.1, 0.15) is 5.60 Å². The molecule has 1 unspecified atom stereocenters. The monoisotopic (exact) mass is 418 g/mol. The average molecular weight is 419 g/mol. The number of carbonyl (C=O) groups is 2. The van der Waals surface area contributed by atoms with E-state index in [1.165, 1.54) is 5.57 Å². The molecule has 0 spiro atoms. The van der Waals surface area contributed by atoms with Gasteiger partial charge in [-0.3, -0.25) is 9.59 Å². The van der Waals surface area contributed by atoms with Gasteiger partial charge in [-0.25, -0.2) is 0 Å². The quantitative estimate of drug-likeness (QED) is 0.258. The lowest BCUT2D eigenvalue weighted by molar-refractivity contribution is -0.121. The maximum absolute atomic E-state index is 13.5. The summed E-state index contributed by atoms with van der Waals surface area (Å²) in [5, 5.41) is 0. The number of carbonyl (C=O) groups excluding carboxylic acids is 2. The van der Waals surface area contributed by atoms with Crippen LogP contribution < -0.4 is 0 Å². The molecule has 0 saturated heterocycles. The zero-order valence-electron chi connectivity index (χ0n) is 19.3. The van der Waals surface area contributed by atoms with Crippen molar-refractivity contribution in [3.63, 3.8) is 0 Å². The third-order valence-corrected chi connectivity index (χ3v) is 5.99. The zero-order valence-corrected chi connectivity index (χ0v) is 19.3. The molecule has 0 N–H and O–H groups in total. The van der Waals surface area contributed by atoms with Gasteiger partial charge in [0.05, 0.1) is 5.57 Å². The molecule has 0 radical (unpaired) electrons. The van der Waals surface area contributed by atoms with Gasteiger partial charge in [-0.15, -0.1) is 0 Å². The van der Waals surface area contributed by atoms with Crippen LogP contribution in [0.5, 0.6) is 0 Å². The van der Waals surface area contributed by atoms with Crippen LogP contribution in [0.15, 0.2) is 76.6 Å². The van der Waals surface area contributed by atoms with E-state index in [0.29, 0.717) is 29.6 Å². The Morgan fingerprint density at radius 3 is 2.45 bits per heavy atom. The second-order valence-corrected chi connectivity index (χ2v) is 9.05. The van der Waals surface area contributed by atoms with E-state index in [9.17, 15) is 9.59 Å². The third kappa shape index (κ3) is 5.52. The summed E-state index contributed by atoms with van der Waals surface area (Å²) in [7, 11) is 0. The van der Waals surface area contributed by atoms with Crippen molar-refractivity contribution < 1.29 is 14.3 Å². The molecule has 1 aromatic rings. The number of unbranched alkanes of at least 4 members (excludes halogenated alkanes) is 2. The van der Waals surface area contributed by atoms with Crippen molar-refractivity contribution in [1.29, 1.82) is 0 Å². The Balaban J connectivity index is 1.89. The third-order valence-electron chi connectivity index (χ3n) is 5.99. The smallest absolute Gasteiger partial charge is 0.224 e. The van der Waals surface area contributed by atoms with Gasteiger partial charge in [-0.1, -0.05) is 61.7 Å². The van der Waals surface area contributed by atoms with Crippen molar-refractivity contribution in [2.75, 3.05) is 0 Å². The second-order valence-electron chi connectivity index (χ2n) is 9.05. The predicted octanol–water partition coefficient (Wildman–Crippen LogP) is 6.60. The number of hydrogen-bond donors (Lipinski definition) is 0. The van der Waals surface area contributed by atoms with E-state index < -0.39 is 5.60 Å². The highest BCUT2D eigenvalue weighted by atomic mass is 16.5. The van der Waals surface area contributed by atoms with Crippen LogP contribution in [0, 0.1) is 0 Å². The second kappa shape index (κ2) is 10.1. The highest BCUT2D eigenvalue weighted by Crippen LogP contribution is 2.38. The Kier molecular flexibility index (Phi) is 7.48. The summed E-state index contributed by atoms with van der Waals surface area (Å²) in [5.41, 5.74) is 3.42. The molecule has 1 aromatic carbocycles. The van der Waals surface area contributed by atoms with Crippen molar-refractivity contribution in [2.45, 2.75) is 78.2 Å². The maximum Gasteiger partial charge on any atom is 0.224 e. The van der Waals surface area contributed by atoms with Gasteiger partial charge in [0.2, 0.25) is 5.78 Å². The van der Waals surface area contributed by atoms with Gasteiger partial charge < -0.3 is 4.74 Å². The highest BCUT2D eigenvalue weighted by molar-refractivity contribution is 6.25. The van der Waals surface area contributed by atoms with Crippen molar-refractivity contribution in [1.82, 2.24) is 0 Å². The predicted molar refractivity (Wildman–Crippen MR) is 126 cm³/mol. The first-order valence-electron chi connectivity index (χ1n) is 11.5. The molecular weight excluding hydrogens is 384 g/mol. The van der Waals surface area contributed by atoms with Gasteiger partial charge in [0, 0.05) is 17.6 Å². The SMILES string of the molecule is CCCCCC1=C(Cc2ccccc2)C(=O)C2=C(OC(C)(CCC=C(C)C)C=C2)C1=O. The first kappa shape index (κ1) is 23.0. The normalized spacial score (nSPS) is 20.6. The Morgan fingerprint density at radius 1 is 1.03 bits per heavy atom. The number of rotatable bonds is 9. The Bertz CT molecular complexity index is 955. The van der Waals surface area contributed by atoms with E-state index in [4.69, 9.17) is 4.74 Å². The van der Waals surface area contributed by atoms with Crippen LogP contribution in [0.2, 0.25) is 0 Å². The highest BCUT2D eigenvalue weighted by Gasteiger charge is 2.40. The summed E-state index contributed by atoms with van der Waals surface area (Å²) >= 11 is 0. The fourth-order valence-corrected chi connectivity index (χ4v) is 4.16. The van der Waals surface area contributed by atoms with Crippen LogP contribution in [0.3, 0.4) is 0 Å². The molecule has 164 valence electrons. The Labute approximate surface area is 186 Å². The van der Waals surface area contributed by atoms with E-state index in [1.54, 1.807) is 0 Å². The number of Topliss-reactive ketones (excluding diaryl/α,β-unsaturated/α-hetero) is 2. The van der Waals surface area contributed by atoms with Gasteiger partial charge in [0.25, 0.3) is 0 Å². The minimum absolute atomic E-state index is 0.0625. The van der Waals surface area contributed by atoms with Crippen LogP contribution in [0.25, 0.3) is 0 Å². The number of benzene rings is 1. The molecule has 1 heterocycles. The topological polar surface area (TPSA) is 43.4 Å². The summed E-state index contributed by atoms with van der Waals surface area (Å²) in [6.45, 7) is 8.28. The first-order chi connectivity index (χ1) is 14.8. The van der Waals surface area contributed by atoms with Crippen LogP contribution in [-0.4, -0.2) is 17.2 Å². The van der Waals surface area contributed by atoms with Crippen LogP contribution >= 0.6 is 0 Å². The molecule has 0 aromatic heterocycles. The summed E-state index contributed by atoms with van der Waals surface area (Å²) in [6, 6.07) is 9.90. The number of ketones is 2. The van der Waals surface area contributed by atoms with Gasteiger partial charge >= 0.3 is 0 Å². The molecule has 0 fully saturated rings. The molecule has 1 aliphatic heterocycles. The molecule has 3 rings (SSSR count). The minimum atomic E-state index is -0.577. The van der Waals surface area contributed by atoms with E-state index in [2.05, 4.69) is 26.8 Å². The molecule has 31 heavy (non-hydrogen) atoms. The zero-order chi connectivity index (χ0) is 22.4. The van der Waals surface area contributed by atoms with E-state index in [0.717, 1.165) is 37.7 Å². The summed E-state index contributed by atoms with van der Waals surface area (Å²) in [6.07, 6.45) is 11.7. The van der Waals surface area contributed by atoms with Crippen molar-refractivity contribution in [2.24, 2.45) is 0 Å². The van der Waals surface area contributed by atoms with Crippen LogP contribution in [0.1, 0.15) is 71.8 Å². The maximum atomic E-state index is 13.5. The lowest BCUT2D eigenvalue weighted by Gasteiger charge is -2.34. The molecule has 3 nitrogen and oxygen atoms in total. The molecule has 3 heteroatoms. The fourth-order valence-electron chi connectivity index (χ4n) is 4.16. The number of ether oxygens (including phenoxy) is 1. The molecular formula is C28H34O3. The van der Waals surface area contributed by atoms with Gasteiger partial charge in [0.15, 0.2) is 11.5 Å². The molecule has 0 saturated carbocycles. The summed E-state index contributed by atoms with van der Waals surface area (Å²) < 4.78 is 6.24. The number of allylic oxidation sites excluding steroid dienone is 6. The minimum Gasteiger partial charge on any atom is -0.479 e. The molecule has 2 aliphatic rings. The molecule has 0 amide bonds. The lowest BCUT2D eigenvalue weighted by atomic mass is 9.80. The summed E-state index contributed by atoms with van der Waals surface area (Å²) in [5.74, 6) is 0.0810.